The number of benzene rings is 2. The number of anilines is 1. The lowest BCUT2D eigenvalue weighted by Crippen LogP contribution is -2.30. The first kappa shape index (κ1) is 19.6. The van der Waals surface area contributed by atoms with Gasteiger partial charge in [0.15, 0.2) is 6.61 Å². The van der Waals surface area contributed by atoms with Crippen LogP contribution in [0, 0.1) is 0 Å². The molecule has 0 aliphatic carbocycles. The molecule has 4 bridgehead atoms. The van der Waals surface area contributed by atoms with Crippen LogP contribution in [0.15, 0.2) is 36.4 Å². The molecule has 7 nitrogen and oxygen atoms in total. The first-order chi connectivity index (χ1) is 15.0. The van der Waals surface area contributed by atoms with Gasteiger partial charge in [0, 0.05) is 42.2 Å². The number of H-pyrrole nitrogens is 1. The van der Waals surface area contributed by atoms with E-state index in [4.69, 9.17) is 9.47 Å². The van der Waals surface area contributed by atoms with E-state index < -0.39 is 5.92 Å². The molecule has 3 heterocycles. The molecule has 1 aromatic heterocycles. The zero-order valence-electron chi connectivity index (χ0n) is 16.8. The first-order valence-electron chi connectivity index (χ1n) is 10.3. The Hall–Kier alpha value is -3.36. The average Bonchev–Trinajstić information content (AvgIpc) is 3.34. The summed E-state index contributed by atoms with van der Waals surface area (Å²) < 4.78 is 39.2. The summed E-state index contributed by atoms with van der Waals surface area (Å²) in [6.45, 7) is 0.658. The normalized spacial score (nSPS) is 18.8. The lowest BCUT2D eigenvalue weighted by atomic mass is 10.1. The van der Waals surface area contributed by atoms with Crippen molar-refractivity contribution in [2.75, 3.05) is 37.7 Å². The van der Waals surface area contributed by atoms with E-state index in [0.717, 1.165) is 10.9 Å². The fourth-order valence-electron chi connectivity index (χ4n) is 3.94. The molecule has 2 aliphatic rings. The van der Waals surface area contributed by atoms with Crippen LogP contribution in [0.25, 0.3) is 22.2 Å². The van der Waals surface area contributed by atoms with Crippen LogP contribution in [0.1, 0.15) is 12.8 Å². The van der Waals surface area contributed by atoms with Gasteiger partial charge in [-0.05, 0) is 36.8 Å². The molecule has 1 saturated heterocycles. The largest absolute Gasteiger partial charge is 0.494 e. The van der Waals surface area contributed by atoms with Gasteiger partial charge in [0.2, 0.25) is 0 Å². The van der Waals surface area contributed by atoms with Crippen molar-refractivity contribution < 1.29 is 23.0 Å². The minimum atomic E-state index is -2.72. The fraction of sp³-hybridized carbons (Fsp3) is 0.364. The standard InChI is InChI=1S/C22H22F2N4O3/c23-22(24)4-6-28(13-22)15-8-14-9-17(10-15)31-12-20(29)25-5-1-7-30-16-2-3-19-18(11-16)21(14)27-26-19/h2-3,8-11H,1,4-7,12-13H2,(H,25,29)(H,26,27). The predicted molar refractivity (Wildman–Crippen MR) is 112 cm³/mol. The molecule has 1 amide bonds. The molecule has 2 aliphatic heterocycles. The highest BCUT2D eigenvalue weighted by Gasteiger charge is 2.38. The lowest BCUT2D eigenvalue weighted by molar-refractivity contribution is -0.123. The highest BCUT2D eigenvalue weighted by Crippen LogP contribution is 2.37. The van der Waals surface area contributed by atoms with Crippen LogP contribution in [-0.2, 0) is 4.79 Å². The molecule has 31 heavy (non-hydrogen) atoms. The number of nitrogens with zero attached hydrogens (tertiary/aromatic N) is 2. The van der Waals surface area contributed by atoms with Crippen molar-refractivity contribution in [1.82, 2.24) is 15.5 Å². The summed E-state index contributed by atoms with van der Waals surface area (Å²) in [6.07, 6.45) is 0.463. The van der Waals surface area contributed by atoms with Crippen molar-refractivity contribution in [3.8, 4) is 22.8 Å². The van der Waals surface area contributed by atoms with Gasteiger partial charge in [-0.2, -0.15) is 5.10 Å². The van der Waals surface area contributed by atoms with E-state index in [0.29, 0.717) is 48.0 Å². The second-order valence-electron chi connectivity index (χ2n) is 7.86. The summed E-state index contributed by atoms with van der Waals surface area (Å²) in [5, 5.41) is 11.1. The summed E-state index contributed by atoms with van der Waals surface area (Å²) in [5.74, 6) is -1.85. The number of alkyl halides is 2. The second-order valence-corrected chi connectivity index (χ2v) is 7.86. The van der Waals surface area contributed by atoms with Crippen LogP contribution < -0.4 is 19.7 Å². The predicted octanol–water partition coefficient (Wildman–Crippen LogP) is 3.35. The SMILES string of the molecule is O=C1COc2cc(cc(N3CCC(F)(F)C3)c2)-c2n[nH]c3ccc(cc23)OCCCN1. The number of hydrogen-bond donors (Lipinski definition) is 2. The Kier molecular flexibility index (Phi) is 4.88. The van der Waals surface area contributed by atoms with Crippen LogP contribution in [0.2, 0.25) is 0 Å². The maximum absolute atomic E-state index is 13.8. The molecule has 1 fully saturated rings. The van der Waals surface area contributed by atoms with Crippen molar-refractivity contribution >= 4 is 22.5 Å². The van der Waals surface area contributed by atoms with E-state index in [1.165, 1.54) is 0 Å². The zero-order chi connectivity index (χ0) is 21.4. The Balaban J connectivity index is 1.60. The number of ether oxygens (including phenoxy) is 2. The highest BCUT2D eigenvalue weighted by molar-refractivity contribution is 5.94. The monoisotopic (exact) mass is 428 g/mol. The third-order valence-corrected chi connectivity index (χ3v) is 5.52. The summed E-state index contributed by atoms with van der Waals surface area (Å²) in [5.41, 5.74) is 2.82. The number of halogens is 2. The molecule has 9 heteroatoms. The van der Waals surface area contributed by atoms with Crippen molar-refractivity contribution in [3.63, 3.8) is 0 Å². The molecule has 0 saturated carbocycles. The molecule has 0 unspecified atom stereocenters. The lowest BCUT2D eigenvalue weighted by Gasteiger charge is -2.20. The van der Waals surface area contributed by atoms with Gasteiger partial charge < -0.3 is 19.7 Å². The van der Waals surface area contributed by atoms with Crippen LogP contribution in [0.3, 0.4) is 0 Å². The van der Waals surface area contributed by atoms with Crippen LogP contribution in [-0.4, -0.2) is 54.9 Å². The topological polar surface area (TPSA) is 79.5 Å². The van der Waals surface area contributed by atoms with Gasteiger partial charge in [0.25, 0.3) is 11.8 Å². The molecule has 2 N–H and O–H groups in total. The number of hydrogen-bond acceptors (Lipinski definition) is 5. The van der Waals surface area contributed by atoms with Crippen molar-refractivity contribution in [2.24, 2.45) is 0 Å². The molecule has 2 aromatic carbocycles. The zero-order valence-corrected chi connectivity index (χ0v) is 16.8. The molecule has 0 radical (unpaired) electrons. The van der Waals surface area contributed by atoms with Gasteiger partial charge in [0.05, 0.1) is 18.7 Å². The van der Waals surface area contributed by atoms with Crippen molar-refractivity contribution in [1.29, 1.82) is 0 Å². The molecule has 0 spiro atoms. The number of carbonyl (C=O) groups excluding carboxylic acids is 1. The Morgan fingerprint density at radius 1 is 1.10 bits per heavy atom. The number of amides is 1. The van der Waals surface area contributed by atoms with E-state index in [9.17, 15) is 13.6 Å². The maximum Gasteiger partial charge on any atom is 0.266 e. The van der Waals surface area contributed by atoms with Crippen molar-refractivity contribution in [2.45, 2.75) is 18.8 Å². The number of nitrogens with one attached hydrogen (secondary N) is 2. The summed E-state index contributed by atoms with van der Waals surface area (Å²) in [7, 11) is 0. The van der Waals surface area contributed by atoms with E-state index in [2.05, 4.69) is 15.5 Å². The van der Waals surface area contributed by atoms with Crippen molar-refractivity contribution in [3.05, 3.63) is 36.4 Å². The number of aromatic amines is 1. The van der Waals surface area contributed by atoms with Gasteiger partial charge in [-0.1, -0.05) is 0 Å². The second kappa shape index (κ2) is 7.72. The molecule has 5 rings (SSSR count). The fourth-order valence-corrected chi connectivity index (χ4v) is 3.94. The number of carbonyl (C=O) groups is 1. The summed E-state index contributed by atoms with van der Waals surface area (Å²) in [6, 6.07) is 11.0. The number of aromatic nitrogens is 2. The van der Waals surface area contributed by atoms with Crippen LogP contribution in [0.4, 0.5) is 14.5 Å². The van der Waals surface area contributed by atoms with E-state index in [-0.39, 0.29) is 32.0 Å². The third-order valence-electron chi connectivity index (χ3n) is 5.52. The van der Waals surface area contributed by atoms with E-state index in [1.807, 2.05) is 24.3 Å². The van der Waals surface area contributed by atoms with Gasteiger partial charge in [-0.25, -0.2) is 8.78 Å². The van der Waals surface area contributed by atoms with Gasteiger partial charge >= 0.3 is 0 Å². The van der Waals surface area contributed by atoms with E-state index in [1.54, 1.807) is 17.0 Å². The Morgan fingerprint density at radius 3 is 2.84 bits per heavy atom. The molecule has 3 aromatic rings. The number of rotatable bonds is 1. The molecular weight excluding hydrogens is 406 g/mol. The highest BCUT2D eigenvalue weighted by atomic mass is 19.3. The molecular formula is C22H22F2N4O3. The van der Waals surface area contributed by atoms with Crippen LogP contribution >= 0.6 is 0 Å². The Bertz CT molecular complexity index is 1130. The smallest absolute Gasteiger partial charge is 0.266 e. The van der Waals surface area contributed by atoms with Gasteiger partial charge in [-0.3, -0.25) is 9.89 Å². The van der Waals surface area contributed by atoms with Gasteiger partial charge in [-0.15, -0.1) is 0 Å². The van der Waals surface area contributed by atoms with Crippen LogP contribution in [0.5, 0.6) is 11.5 Å². The Labute approximate surface area is 177 Å². The first-order valence-corrected chi connectivity index (χ1v) is 10.3. The minimum Gasteiger partial charge on any atom is -0.494 e. The average molecular weight is 428 g/mol. The third kappa shape index (κ3) is 4.12. The quantitative estimate of drug-likeness (QED) is 0.622. The molecule has 0 atom stereocenters. The maximum atomic E-state index is 13.8. The summed E-state index contributed by atoms with van der Waals surface area (Å²) in [4.78, 5) is 13.7. The van der Waals surface area contributed by atoms with E-state index >= 15 is 0 Å². The van der Waals surface area contributed by atoms with Gasteiger partial charge in [0.1, 0.15) is 17.2 Å². The minimum absolute atomic E-state index is 0.163. The molecule has 162 valence electrons. The number of fused-ring (bicyclic) bond motifs is 4. The Morgan fingerprint density at radius 2 is 2.00 bits per heavy atom. The summed E-state index contributed by atoms with van der Waals surface area (Å²) >= 11 is 0.